The third-order valence-electron chi connectivity index (χ3n) is 3.54. The first-order valence-corrected chi connectivity index (χ1v) is 7.60. The van der Waals surface area contributed by atoms with Crippen LogP contribution < -0.4 is 0 Å². The second kappa shape index (κ2) is 5.53. The van der Waals surface area contributed by atoms with Gasteiger partial charge in [0.1, 0.15) is 6.61 Å². The average molecular weight is 300 g/mol. The van der Waals surface area contributed by atoms with Crippen molar-refractivity contribution in [3.8, 4) is 11.1 Å². The van der Waals surface area contributed by atoms with E-state index in [4.69, 9.17) is 16.3 Å². The number of nitrogens with zero attached hydrogens (tertiary/aromatic N) is 1. The number of alkyl halides is 1. The van der Waals surface area contributed by atoms with Gasteiger partial charge in [0.05, 0.1) is 5.54 Å². The molecule has 3 rings (SSSR count). The number of benzene rings is 2. The van der Waals surface area contributed by atoms with Crippen LogP contribution >= 0.6 is 11.6 Å². The Morgan fingerprint density at radius 3 is 2.29 bits per heavy atom. The number of ether oxygens (including phenoxy) is 1. The van der Waals surface area contributed by atoms with Gasteiger partial charge in [-0.05, 0) is 36.6 Å². The summed E-state index contributed by atoms with van der Waals surface area (Å²) in [6, 6.07) is 16.5. The van der Waals surface area contributed by atoms with Gasteiger partial charge in [0.2, 0.25) is 5.90 Å². The molecule has 21 heavy (non-hydrogen) atoms. The van der Waals surface area contributed by atoms with Gasteiger partial charge in [-0.15, -0.1) is 11.6 Å². The van der Waals surface area contributed by atoms with E-state index in [1.54, 1.807) is 0 Å². The summed E-state index contributed by atoms with van der Waals surface area (Å²) in [6.45, 7) is 4.79. The zero-order valence-corrected chi connectivity index (χ0v) is 13.0. The van der Waals surface area contributed by atoms with Crippen LogP contribution in [0.15, 0.2) is 53.5 Å². The number of aliphatic imine (C=N–C) groups is 1. The topological polar surface area (TPSA) is 21.6 Å². The quantitative estimate of drug-likeness (QED) is 0.756. The van der Waals surface area contributed by atoms with Crippen molar-refractivity contribution in [1.82, 2.24) is 0 Å². The van der Waals surface area contributed by atoms with Gasteiger partial charge in [0, 0.05) is 11.4 Å². The molecule has 1 heterocycles. The van der Waals surface area contributed by atoms with Crippen LogP contribution in [0.4, 0.5) is 0 Å². The van der Waals surface area contributed by atoms with Crippen LogP contribution in [0.25, 0.3) is 11.1 Å². The fourth-order valence-corrected chi connectivity index (χ4v) is 2.60. The van der Waals surface area contributed by atoms with Crippen molar-refractivity contribution >= 4 is 17.5 Å². The van der Waals surface area contributed by atoms with Gasteiger partial charge in [0.15, 0.2) is 0 Å². The molecule has 0 unspecified atom stereocenters. The zero-order valence-electron chi connectivity index (χ0n) is 12.3. The molecule has 2 aromatic rings. The normalized spacial score (nSPS) is 16.4. The van der Waals surface area contributed by atoms with Crippen molar-refractivity contribution in [2.45, 2.75) is 25.3 Å². The molecule has 0 bridgehead atoms. The highest BCUT2D eigenvalue weighted by Gasteiger charge is 2.28. The Labute approximate surface area is 130 Å². The third-order valence-corrected chi connectivity index (χ3v) is 3.85. The van der Waals surface area contributed by atoms with Crippen molar-refractivity contribution < 1.29 is 4.74 Å². The van der Waals surface area contributed by atoms with Crippen molar-refractivity contribution in [3.63, 3.8) is 0 Å². The first-order valence-electron chi connectivity index (χ1n) is 7.06. The SMILES string of the molecule is CC1(C)COC(c2ccccc2-c2ccc(CCl)cc2)=N1. The molecule has 108 valence electrons. The van der Waals surface area contributed by atoms with Gasteiger partial charge < -0.3 is 4.74 Å². The summed E-state index contributed by atoms with van der Waals surface area (Å²) >= 11 is 5.85. The molecule has 0 fully saturated rings. The third kappa shape index (κ3) is 2.96. The maximum atomic E-state index is 5.85. The van der Waals surface area contributed by atoms with Gasteiger partial charge in [-0.3, -0.25) is 0 Å². The summed E-state index contributed by atoms with van der Waals surface area (Å²) in [4.78, 5) is 4.68. The second-order valence-electron chi connectivity index (χ2n) is 5.89. The maximum absolute atomic E-state index is 5.85. The van der Waals surface area contributed by atoms with Crippen LogP contribution in [-0.4, -0.2) is 18.0 Å². The molecular weight excluding hydrogens is 282 g/mol. The fraction of sp³-hybridized carbons (Fsp3) is 0.278. The van der Waals surface area contributed by atoms with E-state index in [1.165, 1.54) is 0 Å². The van der Waals surface area contributed by atoms with E-state index in [-0.39, 0.29) is 5.54 Å². The highest BCUT2D eigenvalue weighted by Crippen LogP contribution is 2.28. The summed E-state index contributed by atoms with van der Waals surface area (Å²) in [5, 5.41) is 0. The van der Waals surface area contributed by atoms with E-state index in [2.05, 4.69) is 55.2 Å². The van der Waals surface area contributed by atoms with E-state index in [1.807, 2.05) is 12.1 Å². The Kier molecular flexibility index (Phi) is 3.73. The predicted octanol–water partition coefficient (Wildman–Crippen LogP) is 4.65. The smallest absolute Gasteiger partial charge is 0.217 e. The largest absolute Gasteiger partial charge is 0.475 e. The van der Waals surface area contributed by atoms with Gasteiger partial charge in [-0.2, -0.15) is 0 Å². The Hall–Kier alpha value is -1.80. The molecule has 0 N–H and O–H groups in total. The molecule has 0 aromatic heterocycles. The Morgan fingerprint density at radius 1 is 1.05 bits per heavy atom. The first kappa shape index (κ1) is 14.2. The van der Waals surface area contributed by atoms with Gasteiger partial charge >= 0.3 is 0 Å². The lowest BCUT2D eigenvalue weighted by molar-refractivity contribution is 0.279. The minimum Gasteiger partial charge on any atom is -0.475 e. The lowest BCUT2D eigenvalue weighted by atomic mass is 9.98. The van der Waals surface area contributed by atoms with Crippen LogP contribution in [0, 0.1) is 0 Å². The van der Waals surface area contributed by atoms with E-state index in [0.717, 1.165) is 28.2 Å². The lowest BCUT2D eigenvalue weighted by Crippen LogP contribution is -2.17. The van der Waals surface area contributed by atoms with Crippen LogP contribution in [0.1, 0.15) is 25.0 Å². The molecule has 0 saturated carbocycles. The molecule has 0 spiro atoms. The minimum absolute atomic E-state index is 0.148. The Bertz CT molecular complexity index is 674. The molecule has 2 aromatic carbocycles. The summed E-state index contributed by atoms with van der Waals surface area (Å²) < 4.78 is 5.79. The average Bonchev–Trinajstić information content (AvgIpc) is 2.87. The summed E-state index contributed by atoms with van der Waals surface area (Å²) in [6.07, 6.45) is 0. The predicted molar refractivity (Wildman–Crippen MR) is 88.0 cm³/mol. The zero-order chi connectivity index (χ0) is 14.9. The molecule has 0 atom stereocenters. The minimum atomic E-state index is -0.148. The van der Waals surface area contributed by atoms with Crippen LogP contribution in [0.2, 0.25) is 0 Å². The molecule has 0 amide bonds. The van der Waals surface area contributed by atoms with Crippen LogP contribution in [0.5, 0.6) is 0 Å². The highest BCUT2D eigenvalue weighted by atomic mass is 35.5. The van der Waals surface area contributed by atoms with E-state index >= 15 is 0 Å². The highest BCUT2D eigenvalue weighted by molar-refractivity contribution is 6.17. The molecule has 1 aliphatic rings. The number of hydrogen-bond acceptors (Lipinski definition) is 2. The number of rotatable bonds is 3. The standard InChI is InChI=1S/C18H18ClNO/c1-18(2)12-21-17(20-18)16-6-4-3-5-15(16)14-9-7-13(11-19)8-10-14/h3-10H,11-12H2,1-2H3. The molecule has 0 aliphatic carbocycles. The lowest BCUT2D eigenvalue weighted by Gasteiger charge is -2.09. The van der Waals surface area contributed by atoms with Crippen molar-refractivity contribution in [3.05, 3.63) is 59.7 Å². The van der Waals surface area contributed by atoms with Crippen molar-refractivity contribution in [1.29, 1.82) is 0 Å². The van der Waals surface area contributed by atoms with Crippen LogP contribution in [-0.2, 0) is 10.6 Å². The van der Waals surface area contributed by atoms with E-state index in [0.29, 0.717) is 12.5 Å². The summed E-state index contributed by atoms with van der Waals surface area (Å²) in [7, 11) is 0. The maximum Gasteiger partial charge on any atom is 0.217 e. The number of hydrogen-bond donors (Lipinski definition) is 0. The second-order valence-corrected chi connectivity index (χ2v) is 6.16. The van der Waals surface area contributed by atoms with Gasteiger partial charge in [0.25, 0.3) is 0 Å². The number of halogens is 1. The fourth-order valence-electron chi connectivity index (χ4n) is 2.42. The Morgan fingerprint density at radius 2 is 1.71 bits per heavy atom. The molecule has 2 nitrogen and oxygen atoms in total. The molecular formula is C18H18ClNO. The molecule has 3 heteroatoms. The summed E-state index contributed by atoms with van der Waals surface area (Å²) in [5.41, 5.74) is 4.30. The molecule has 0 saturated heterocycles. The van der Waals surface area contributed by atoms with Crippen molar-refractivity contribution in [2.75, 3.05) is 6.61 Å². The summed E-state index contributed by atoms with van der Waals surface area (Å²) in [5.74, 6) is 1.27. The van der Waals surface area contributed by atoms with E-state index < -0.39 is 0 Å². The first-order chi connectivity index (χ1) is 10.1. The van der Waals surface area contributed by atoms with Crippen LogP contribution in [0.3, 0.4) is 0 Å². The molecule has 1 aliphatic heterocycles. The molecule has 0 radical (unpaired) electrons. The van der Waals surface area contributed by atoms with E-state index in [9.17, 15) is 0 Å². The van der Waals surface area contributed by atoms with Crippen molar-refractivity contribution in [2.24, 2.45) is 4.99 Å². The Balaban J connectivity index is 2.04. The monoisotopic (exact) mass is 299 g/mol. The van der Waals surface area contributed by atoms with Gasteiger partial charge in [-0.1, -0.05) is 42.5 Å². The van der Waals surface area contributed by atoms with Gasteiger partial charge in [-0.25, -0.2) is 4.99 Å².